The molecule has 2 aromatic rings. The molecule has 3 N–H and O–H groups in total. The minimum absolute atomic E-state index is 0.0104. The Kier molecular flexibility index (Phi) is 4.42. The molecule has 2 fully saturated rings. The zero-order valence-electron chi connectivity index (χ0n) is 16.8. The van der Waals surface area contributed by atoms with Crippen LogP contribution in [0.1, 0.15) is 36.3 Å². The zero-order chi connectivity index (χ0) is 20.0. The molecule has 0 amide bonds. The lowest BCUT2D eigenvalue weighted by atomic mass is 9.76. The third-order valence-electron chi connectivity index (χ3n) is 6.55. The highest BCUT2D eigenvalue weighted by atomic mass is 16.5. The third-order valence-corrected chi connectivity index (χ3v) is 6.55. The van der Waals surface area contributed by atoms with E-state index in [-0.39, 0.29) is 11.0 Å². The van der Waals surface area contributed by atoms with Gasteiger partial charge in [0.15, 0.2) is 0 Å². The maximum absolute atomic E-state index is 12.3. The number of ether oxygens (including phenoxy) is 1. The molecule has 9 heteroatoms. The lowest BCUT2D eigenvalue weighted by Crippen LogP contribution is -2.43. The molecule has 0 atom stereocenters. The van der Waals surface area contributed by atoms with E-state index in [0.29, 0.717) is 30.8 Å². The number of morpholine rings is 1. The van der Waals surface area contributed by atoms with E-state index in [9.17, 15) is 4.79 Å². The highest BCUT2D eigenvalue weighted by Crippen LogP contribution is 2.44. The van der Waals surface area contributed by atoms with Gasteiger partial charge in [-0.2, -0.15) is 9.97 Å². The molecule has 3 aliphatic rings. The molecule has 5 rings (SSSR count). The van der Waals surface area contributed by atoms with Crippen molar-refractivity contribution in [1.82, 2.24) is 19.9 Å². The molecule has 2 aromatic heterocycles. The molecule has 1 spiro atoms. The Morgan fingerprint density at radius 2 is 1.83 bits per heavy atom. The number of nitrogen functional groups attached to an aromatic ring is 1. The second kappa shape index (κ2) is 6.98. The molecule has 0 saturated carbocycles. The number of nitrogens with one attached hydrogen (secondary N) is 1. The molecule has 2 aliphatic heterocycles. The van der Waals surface area contributed by atoms with Crippen molar-refractivity contribution in [2.45, 2.75) is 38.0 Å². The van der Waals surface area contributed by atoms with Crippen molar-refractivity contribution in [3.05, 3.63) is 33.5 Å². The van der Waals surface area contributed by atoms with Gasteiger partial charge in [0, 0.05) is 43.2 Å². The topological polar surface area (TPSA) is 113 Å². The average Bonchev–Trinajstić information content (AvgIpc) is 3.07. The number of anilines is 3. The van der Waals surface area contributed by atoms with Crippen LogP contribution >= 0.6 is 0 Å². The molecule has 29 heavy (non-hydrogen) atoms. The smallest absolute Gasteiger partial charge is 0.254 e. The van der Waals surface area contributed by atoms with Crippen molar-refractivity contribution in [2.24, 2.45) is 0 Å². The van der Waals surface area contributed by atoms with Crippen LogP contribution in [0, 0.1) is 6.92 Å². The predicted octanol–water partition coefficient (Wildman–Crippen LogP) is 0.772. The highest BCUT2D eigenvalue weighted by Gasteiger charge is 2.44. The van der Waals surface area contributed by atoms with Gasteiger partial charge in [-0.25, -0.2) is 4.98 Å². The number of nitrogens with two attached hydrogens (primary N) is 1. The van der Waals surface area contributed by atoms with E-state index in [1.807, 2.05) is 13.0 Å². The Morgan fingerprint density at radius 3 is 2.59 bits per heavy atom. The number of aryl methyl sites for hydroxylation is 1. The van der Waals surface area contributed by atoms with Crippen LogP contribution in [0.25, 0.3) is 0 Å². The minimum Gasteiger partial charge on any atom is -0.383 e. The number of nitrogens with zero attached hydrogens (tertiary/aromatic N) is 5. The SMILES string of the molecule is Cc1nc2c(c(=O)[nH]1)CCC21CCN(c2cc(N)nc(N3CCOCC3)n2)CC1. The Bertz CT molecular complexity index is 975. The molecule has 1 aliphatic carbocycles. The number of aromatic amines is 1. The van der Waals surface area contributed by atoms with Gasteiger partial charge in [-0.1, -0.05) is 0 Å². The Balaban J connectivity index is 1.37. The van der Waals surface area contributed by atoms with Gasteiger partial charge in [-0.05, 0) is 32.6 Å². The van der Waals surface area contributed by atoms with Crippen molar-refractivity contribution < 1.29 is 4.74 Å². The Hall–Kier alpha value is -2.68. The fourth-order valence-electron chi connectivity index (χ4n) is 4.92. The standard InChI is InChI=1S/C20H27N7O2/c1-13-22-17-14(18(28)23-13)2-3-20(17)4-6-26(7-5-20)16-12-15(21)24-19(25-16)27-8-10-29-11-9-27/h12H,2-11H2,1H3,(H2,21,24,25)(H,22,23,28). The molecule has 154 valence electrons. The van der Waals surface area contributed by atoms with Crippen molar-refractivity contribution in [3.8, 4) is 0 Å². The van der Waals surface area contributed by atoms with Gasteiger partial charge in [0.05, 0.1) is 18.9 Å². The van der Waals surface area contributed by atoms with Crippen LogP contribution in [0.4, 0.5) is 17.6 Å². The van der Waals surface area contributed by atoms with E-state index in [0.717, 1.165) is 68.9 Å². The number of fused-ring (bicyclic) bond motifs is 2. The Morgan fingerprint density at radius 1 is 1.07 bits per heavy atom. The summed E-state index contributed by atoms with van der Waals surface area (Å²) in [4.78, 5) is 33.6. The molecule has 0 aromatic carbocycles. The van der Waals surface area contributed by atoms with Crippen LogP contribution < -0.4 is 21.1 Å². The van der Waals surface area contributed by atoms with Gasteiger partial charge >= 0.3 is 0 Å². The normalized spacial score (nSPS) is 20.9. The van der Waals surface area contributed by atoms with Crippen LogP contribution in [0.5, 0.6) is 0 Å². The van der Waals surface area contributed by atoms with E-state index in [1.165, 1.54) is 0 Å². The van der Waals surface area contributed by atoms with Crippen LogP contribution in [-0.4, -0.2) is 59.3 Å². The van der Waals surface area contributed by atoms with Crippen LogP contribution in [0.15, 0.2) is 10.9 Å². The van der Waals surface area contributed by atoms with Gasteiger partial charge in [-0.15, -0.1) is 0 Å². The molecular formula is C20H27N7O2. The van der Waals surface area contributed by atoms with E-state index in [1.54, 1.807) is 0 Å². The molecule has 0 bridgehead atoms. The van der Waals surface area contributed by atoms with Crippen LogP contribution in [-0.2, 0) is 16.6 Å². The summed E-state index contributed by atoms with van der Waals surface area (Å²) in [6, 6.07) is 1.86. The zero-order valence-corrected chi connectivity index (χ0v) is 16.8. The fourth-order valence-corrected chi connectivity index (χ4v) is 4.92. The number of aromatic nitrogens is 4. The monoisotopic (exact) mass is 397 g/mol. The minimum atomic E-state index is 0.0104. The first-order valence-electron chi connectivity index (χ1n) is 10.4. The molecule has 0 unspecified atom stereocenters. The predicted molar refractivity (Wildman–Crippen MR) is 111 cm³/mol. The lowest BCUT2D eigenvalue weighted by Gasteiger charge is -2.40. The maximum Gasteiger partial charge on any atom is 0.254 e. The van der Waals surface area contributed by atoms with Gasteiger partial charge in [0.25, 0.3) is 5.56 Å². The number of piperidine rings is 1. The number of H-pyrrole nitrogens is 1. The average molecular weight is 397 g/mol. The summed E-state index contributed by atoms with van der Waals surface area (Å²) < 4.78 is 5.43. The van der Waals surface area contributed by atoms with Crippen molar-refractivity contribution in [2.75, 3.05) is 54.9 Å². The Labute approximate surface area is 169 Å². The lowest BCUT2D eigenvalue weighted by molar-refractivity contribution is 0.122. The van der Waals surface area contributed by atoms with E-state index < -0.39 is 0 Å². The number of hydrogen-bond acceptors (Lipinski definition) is 8. The summed E-state index contributed by atoms with van der Waals surface area (Å²) in [5.74, 6) is 2.75. The van der Waals surface area contributed by atoms with Crippen LogP contribution in [0.3, 0.4) is 0 Å². The van der Waals surface area contributed by atoms with E-state index in [2.05, 4.69) is 19.8 Å². The molecule has 4 heterocycles. The summed E-state index contributed by atoms with van der Waals surface area (Å²) in [5.41, 5.74) is 8.05. The van der Waals surface area contributed by atoms with Crippen molar-refractivity contribution in [1.29, 1.82) is 0 Å². The van der Waals surface area contributed by atoms with E-state index >= 15 is 0 Å². The summed E-state index contributed by atoms with van der Waals surface area (Å²) in [6.45, 7) is 6.53. The van der Waals surface area contributed by atoms with Gasteiger partial charge in [0.2, 0.25) is 5.95 Å². The van der Waals surface area contributed by atoms with Crippen molar-refractivity contribution in [3.63, 3.8) is 0 Å². The molecule has 0 radical (unpaired) electrons. The summed E-state index contributed by atoms with van der Waals surface area (Å²) in [5, 5.41) is 0. The second-order valence-corrected chi connectivity index (χ2v) is 8.30. The number of hydrogen-bond donors (Lipinski definition) is 2. The second-order valence-electron chi connectivity index (χ2n) is 8.30. The fraction of sp³-hybridized carbons (Fsp3) is 0.600. The number of rotatable bonds is 2. The van der Waals surface area contributed by atoms with Gasteiger partial charge < -0.3 is 25.3 Å². The first-order valence-corrected chi connectivity index (χ1v) is 10.4. The summed E-state index contributed by atoms with van der Waals surface area (Å²) in [7, 11) is 0. The summed E-state index contributed by atoms with van der Waals surface area (Å²) >= 11 is 0. The van der Waals surface area contributed by atoms with Gasteiger partial charge in [-0.3, -0.25) is 4.79 Å². The van der Waals surface area contributed by atoms with Gasteiger partial charge in [0.1, 0.15) is 17.5 Å². The first kappa shape index (κ1) is 18.4. The largest absolute Gasteiger partial charge is 0.383 e. The van der Waals surface area contributed by atoms with Crippen LogP contribution in [0.2, 0.25) is 0 Å². The maximum atomic E-state index is 12.3. The summed E-state index contributed by atoms with van der Waals surface area (Å²) in [6.07, 6.45) is 3.75. The molecule has 9 nitrogen and oxygen atoms in total. The molecule has 2 saturated heterocycles. The highest BCUT2D eigenvalue weighted by molar-refractivity contribution is 5.53. The van der Waals surface area contributed by atoms with Crippen molar-refractivity contribution >= 4 is 17.6 Å². The van der Waals surface area contributed by atoms with E-state index in [4.69, 9.17) is 20.4 Å². The molecular weight excluding hydrogens is 370 g/mol. The first-order chi connectivity index (χ1) is 14.0. The quantitative estimate of drug-likeness (QED) is 0.764. The third kappa shape index (κ3) is 3.23.